The van der Waals surface area contributed by atoms with Gasteiger partial charge in [-0.3, -0.25) is 0 Å². The van der Waals surface area contributed by atoms with E-state index in [1.165, 1.54) is 10.4 Å². The zero-order valence-electron chi connectivity index (χ0n) is 13.0. The second-order valence-corrected chi connectivity index (χ2v) is 7.49. The molecule has 0 fully saturated rings. The van der Waals surface area contributed by atoms with E-state index in [0.29, 0.717) is 11.5 Å². The van der Waals surface area contributed by atoms with Crippen molar-refractivity contribution in [1.29, 1.82) is 0 Å². The van der Waals surface area contributed by atoms with Crippen LogP contribution in [0, 0.1) is 17.8 Å². The Kier molecular flexibility index (Phi) is 6.41. The summed E-state index contributed by atoms with van der Waals surface area (Å²) in [4.78, 5) is 0.227. The Hall–Kier alpha value is -1.35. The van der Waals surface area contributed by atoms with E-state index in [0.717, 1.165) is 6.42 Å². The van der Waals surface area contributed by atoms with Crippen LogP contribution in [0.25, 0.3) is 0 Å². The zero-order valence-corrected chi connectivity index (χ0v) is 13.8. The first-order valence-corrected chi connectivity index (χ1v) is 8.41. The lowest BCUT2D eigenvalue weighted by molar-refractivity contribution is 0.338. The zero-order chi connectivity index (χ0) is 16.0. The Morgan fingerprint density at radius 3 is 2.52 bits per heavy atom. The van der Waals surface area contributed by atoms with Gasteiger partial charge in [-0.1, -0.05) is 31.8 Å². The van der Waals surface area contributed by atoms with Crippen molar-refractivity contribution in [3.05, 3.63) is 29.8 Å². The number of nitrogens with zero attached hydrogens (tertiary/aromatic N) is 1. The second kappa shape index (κ2) is 7.60. The van der Waals surface area contributed by atoms with Crippen LogP contribution in [0.15, 0.2) is 29.2 Å². The highest BCUT2D eigenvalue weighted by atomic mass is 32.2. The molecule has 0 aliphatic heterocycles. The van der Waals surface area contributed by atoms with Crippen LogP contribution in [0.4, 0.5) is 0 Å². The van der Waals surface area contributed by atoms with Gasteiger partial charge in [-0.15, -0.1) is 0 Å². The van der Waals surface area contributed by atoms with Crippen molar-refractivity contribution in [2.75, 3.05) is 13.7 Å². The first kappa shape index (κ1) is 17.7. The third-order valence-electron chi connectivity index (χ3n) is 3.26. The van der Waals surface area contributed by atoms with Crippen molar-refractivity contribution in [2.24, 2.45) is 5.92 Å². The van der Waals surface area contributed by atoms with Crippen LogP contribution in [0.3, 0.4) is 0 Å². The fraction of sp³-hybridized carbons (Fsp3) is 0.500. The summed E-state index contributed by atoms with van der Waals surface area (Å²) >= 11 is 0. The molecule has 4 nitrogen and oxygen atoms in total. The molecule has 1 unspecified atom stereocenters. The molecule has 0 saturated carbocycles. The van der Waals surface area contributed by atoms with Crippen LogP contribution in [-0.2, 0) is 10.0 Å². The van der Waals surface area contributed by atoms with Crippen LogP contribution in [0.5, 0.6) is 0 Å². The fourth-order valence-corrected chi connectivity index (χ4v) is 3.53. The number of sulfonamides is 1. The maximum atomic E-state index is 12.6. The molecule has 0 spiro atoms. The summed E-state index contributed by atoms with van der Waals surface area (Å²) < 4.78 is 26.6. The lowest BCUT2D eigenvalue weighted by Crippen LogP contribution is -2.35. The van der Waals surface area contributed by atoms with Gasteiger partial charge in [0.1, 0.15) is 6.61 Å². The van der Waals surface area contributed by atoms with E-state index >= 15 is 0 Å². The topological polar surface area (TPSA) is 57.6 Å². The van der Waals surface area contributed by atoms with Crippen molar-refractivity contribution in [2.45, 2.75) is 38.1 Å². The van der Waals surface area contributed by atoms with E-state index in [2.05, 4.69) is 25.7 Å². The van der Waals surface area contributed by atoms with Crippen molar-refractivity contribution < 1.29 is 13.5 Å². The second-order valence-electron chi connectivity index (χ2n) is 5.49. The van der Waals surface area contributed by atoms with Crippen molar-refractivity contribution in [3.8, 4) is 11.8 Å². The summed E-state index contributed by atoms with van der Waals surface area (Å²) in [6.45, 7) is 5.80. The van der Waals surface area contributed by atoms with Crippen LogP contribution >= 0.6 is 0 Å². The number of aliphatic hydroxyl groups excluding tert-OH is 1. The predicted molar refractivity (Wildman–Crippen MR) is 84.3 cm³/mol. The molecule has 1 atom stereocenters. The van der Waals surface area contributed by atoms with Crippen molar-refractivity contribution >= 4 is 10.0 Å². The van der Waals surface area contributed by atoms with E-state index in [1.54, 1.807) is 25.2 Å². The van der Waals surface area contributed by atoms with Crippen LogP contribution in [0.2, 0.25) is 0 Å². The van der Waals surface area contributed by atoms with Gasteiger partial charge in [0.05, 0.1) is 4.90 Å². The number of benzene rings is 1. The van der Waals surface area contributed by atoms with Gasteiger partial charge in [-0.2, -0.15) is 4.31 Å². The maximum absolute atomic E-state index is 12.6. The first-order chi connectivity index (χ1) is 9.78. The third kappa shape index (κ3) is 4.85. The minimum Gasteiger partial charge on any atom is -0.384 e. The summed E-state index contributed by atoms with van der Waals surface area (Å²) in [6, 6.07) is 6.42. The molecule has 116 valence electrons. The highest BCUT2D eigenvalue weighted by Gasteiger charge is 2.25. The summed E-state index contributed by atoms with van der Waals surface area (Å²) in [5.41, 5.74) is 0.579. The van der Waals surface area contributed by atoms with Crippen molar-refractivity contribution in [3.63, 3.8) is 0 Å². The normalized spacial score (nSPS) is 13.1. The third-order valence-corrected chi connectivity index (χ3v) is 5.22. The molecule has 0 aliphatic carbocycles. The van der Waals surface area contributed by atoms with Crippen LogP contribution in [0.1, 0.15) is 32.8 Å². The van der Waals surface area contributed by atoms with E-state index in [1.807, 2.05) is 6.92 Å². The molecular formula is C16H23NO3S. The molecule has 0 amide bonds. The van der Waals surface area contributed by atoms with Crippen LogP contribution in [-0.4, -0.2) is 37.5 Å². The lowest BCUT2D eigenvalue weighted by atomic mass is 10.1. The molecule has 0 saturated heterocycles. The van der Waals surface area contributed by atoms with Gasteiger partial charge < -0.3 is 5.11 Å². The van der Waals surface area contributed by atoms with E-state index in [4.69, 9.17) is 5.11 Å². The predicted octanol–water partition coefficient (Wildman–Crippen LogP) is 2.09. The molecule has 1 aromatic carbocycles. The number of hydrogen-bond acceptors (Lipinski definition) is 3. The lowest BCUT2D eigenvalue weighted by Gasteiger charge is -2.25. The maximum Gasteiger partial charge on any atom is 0.243 e. The Balaban J connectivity index is 3.07. The molecule has 1 rings (SSSR count). The van der Waals surface area contributed by atoms with Gasteiger partial charge in [0, 0.05) is 18.7 Å². The summed E-state index contributed by atoms with van der Waals surface area (Å²) in [5.74, 6) is 5.67. The minimum atomic E-state index is -3.53. The van der Waals surface area contributed by atoms with Gasteiger partial charge in [0.15, 0.2) is 0 Å². The van der Waals surface area contributed by atoms with Gasteiger partial charge >= 0.3 is 0 Å². The molecule has 5 heteroatoms. The molecule has 0 radical (unpaired) electrons. The summed E-state index contributed by atoms with van der Waals surface area (Å²) in [7, 11) is -1.92. The smallest absolute Gasteiger partial charge is 0.243 e. The standard InChI is InChI=1S/C16H23NO3S/c1-13(2)11-14(3)17(4)21(19,20)16-9-5-7-15(12-16)8-6-10-18/h5,7,9,12-14,18H,10-11H2,1-4H3. The van der Waals surface area contributed by atoms with Gasteiger partial charge in [-0.05, 0) is 37.5 Å². The van der Waals surface area contributed by atoms with Gasteiger partial charge in [0.25, 0.3) is 0 Å². The largest absolute Gasteiger partial charge is 0.384 e. The van der Waals surface area contributed by atoms with Crippen LogP contribution < -0.4 is 0 Å². The molecule has 0 aromatic heterocycles. The Morgan fingerprint density at radius 1 is 1.29 bits per heavy atom. The Bertz CT molecular complexity index is 626. The molecule has 0 heterocycles. The molecule has 0 bridgehead atoms. The average molecular weight is 309 g/mol. The van der Waals surface area contributed by atoms with Gasteiger partial charge in [0.2, 0.25) is 10.0 Å². The average Bonchev–Trinajstić information content (AvgIpc) is 2.43. The molecule has 1 N–H and O–H groups in total. The highest BCUT2D eigenvalue weighted by molar-refractivity contribution is 7.89. The SMILES string of the molecule is CC(C)CC(C)N(C)S(=O)(=O)c1cccc(C#CCO)c1. The summed E-state index contributed by atoms with van der Waals surface area (Å²) in [5, 5.41) is 8.70. The van der Waals surface area contributed by atoms with E-state index < -0.39 is 10.0 Å². The monoisotopic (exact) mass is 309 g/mol. The first-order valence-electron chi connectivity index (χ1n) is 6.97. The van der Waals surface area contributed by atoms with E-state index in [-0.39, 0.29) is 17.5 Å². The van der Waals surface area contributed by atoms with E-state index in [9.17, 15) is 8.42 Å². The quantitative estimate of drug-likeness (QED) is 0.847. The molecule has 21 heavy (non-hydrogen) atoms. The number of aliphatic hydroxyl groups is 1. The summed E-state index contributed by atoms with van der Waals surface area (Å²) in [6.07, 6.45) is 0.805. The molecule has 1 aromatic rings. The Labute approximate surface area is 127 Å². The molecular weight excluding hydrogens is 286 g/mol. The fourth-order valence-electron chi connectivity index (χ4n) is 2.11. The number of hydrogen-bond donors (Lipinski definition) is 1. The Morgan fingerprint density at radius 2 is 1.95 bits per heavy atom. The minimum absolute atomic E-state index is 0.0674. The molecule has 0 aliphatic rings. The van der Waals surface area contributed by atoms with Gasteiger partial charge in [-0.25, -0.2) is 8.42 Å². The number of rotatable bonds is 5. The van der Waals surface area contributed by atoms with Crippen molar-refractivity contribution in [1.82, 2.24) is 4.31 Å². The highest BCUT2D eigenvalue weighted by Crippen LogP contribution is 2.20.